The molecular formula is C14H26N4. The second-order valence-electron chi connectivity index (χ2n) is 4.76. The summed E-state index contributed by atoms with van der Waals surface area (Å²) in [6.07, 6.45) is 9.66. The molecule has 0 spiro atoms. The molecule has 0 saturated carbocycles. The Bertz CT molecular complexity index is 327. The Morgan fingerprint density at radius 3 is 2.61 bits per heavy atom. The van der Waals surface area contributed by atoms with Gasteiger partial charge < -0.3 is 10.6 Å². The summed E-state index contributed by atoms with van der Waals surface area (Å²) in [5, 5.41) is 6.65. The van der Waals surface area contributed by atoms with Crippen LogP contribution in [0.1, 0.15) is 52.9 Å². The molecule has 4 nitrogen and oxygen atoms in total. The zero-order chi connectivity index (χ0) is 13.2. The van der Waals surface area contributed by atoms with Gasteiger partial charge in [0.15, 0.2) is 0 Å². The van der Waals surface area contributed by atoms with E-state index in [0.29, 0.717) is 6.04 Å². The molecule has 102 valence electrons. The SMILES string of the molecule is CCCCCC(C)Nc1cncc(NCCC)n1. The van der Waals surface area contributed by atoms with E-state index in [0.717, 1.165) is 24.6 Å². The fourth-order valence-corrected chi connectivity index (χ4v) is 1.80. The molecule has 1 atom stereocenters. The average Bonchev–Trinajstić information content (AvgIpc) is 2.37. The highest BCUT2D eigenvalue weighted by atomic mass is 15.1. The summed E-state index contributed by atoms with van der Waals surface area (Å²) in [7, 11) is 0. The molecule has 1 unspecified atom stereocenters. The van der Waals surface area contributed by atoms with Crippen LogP contribution in [-0.4, -0.2) is 22.6 Å². The molecule has 1 heterocycles. The number of hydrogen-bond donors (Lipinski definition) is 2. The van der Waals surface area contributed by atoms with E-state index in [1.807, 2.05) is 0 Å². The van der Waals surface area contributed by atoms with Gasteiger partial charge in [0.2, 0.25) is 0 Å². The average molecular weight is 250 g/mol. The van der Waals surface area contributed by atoms with Gasteiger partial charge in [-0.3, -0.25) is 4.98 Å². The molecule has 4 heteroatoms. The van der Waals surface area contributed by atoms with Crippen molar-refractivity contribution in [2.24, 2.45) is 0 Å². The second-order valence-corrected chi connectivity index (χ2v) is 4.76. The van der Waals surface area contributed by atoms with Gasteiger partial charge in [0, 0.05) is 12.6 Å². The molecule has 0 amide bonds. The Hall–Kier alpha value is -1.32. The number of nitrogens with one attached hydrogen (secondary N) is 2. The van der Waals surface area contributed by atoms with Gasteiger partial charge in [-0.25, -0.2) is 4.98 Å². The largest absolute Gasteiger partial charge is 0.369 e. The summed E-state index contributed by atoms with van der Waals surface area (Å²) >= 11 is 0. The van der Waals surface area contributed by atoms with E-state index in [1.165, 1.54) is 25.7 Å². The van der Waals surface area contributed by atoms with E-state index in [9.17, 15) is 0 Å². The van der Waals surface area contributed by atoms with Crippen molar-refractivity contribution in [2.45, 2.75) is 58.9 Å². The van der Waals surface area contributed by atoms with Gasteiger partial charge >= 0.3 is 0 Å². The first-order valence-corrected chi connectivity index (χ1v) is 7.08. The molecule has 1 aromatic rings. The molecule has 0 saturated heterocycles. The van der Waals surface area contributed by atoms with E-state index >= 15 is 0 Å². The van der Waals surface area contributed by atoms with E-state index in [1.54, 1.807) is 12.4 Å². The van der Waals surface area contributed by atoms with Gasteiger partial charge in [-0.1, -0.05) is 33.1 Å². The van der Waals surface area contributed by atoms with Crippen molar-refractivity contribution >= 4 is 11.6 Å². The standard InChI is InChI=1S/C14H26N4/c1-4-6-7-8-12(3)17-14-11-15-10-13(18-14)16-9-5-2/h10-12H,4-9H2,1-3H3,(H2,16,17,18). The predicted octanol–water partition coefficient (Wildman–Crippen LogP) is 3.68. The summed E-state index contributed by atoms with van der Waals surface area (Å²) in [6, 6.07) is 0.451. The lowest BCUT2D eigenvalue weighted by atomic mass is 10.1. The van der Waals surface area contributed by atoms with E-state index < -0.39 is 0 Å². The molecular weight excluding hydrogens is 224 g/mol. The fourth-order valence-electron chi connectivity index (χ4n) is 1.80. The zero-order valence-electron chi connectivity index (χ0n) is 11.9. The van der Waals surface area contributed by atoms with E-state index in [-0.39, 0.29) is 0 Å². The van der Waals surface area contributed by atoms with E-state index in [4.69, 9.17) is 0 Å². The molecule has 2 N–H and O–H groups in total. The number of anilines is 2. The third kappa shape index (κ3) is 5.84. The first kappa shape index (κ1) is 14.7. The topological polar surface area (TPSA) is 49.8 Å². The second kappa shape index (κ2) is 8.72. The van der Waals surface area contributed by atoms with Gasteiger partial charge in [0.1, 0.15) is 11.6 Å². The summed E-state index contributed by atoms with van der Waals surface area (Å²) in [5.74, 6) is 1.71. The van der Waals surface area contributed by atoms with Crippen LogP contribution in [-0.2, 0) is 0 Å². The summed E-state index contributed by atoms with van der Waals surface area (Å²) < 4.78 is 0. The van der Waals surface area contributed by atoms with Crippen molar-refractivity contribution in [3.8, 4) is 0 Å². The highest BCUT2D eigenvalue weighted by Gasteiger charge is 2.03. The molecule has 0 aliphatic carbocycles. The van der Waals surface area contributed by atoms with Crippen LogP contribution in [0.5, 0.6) is 0 Å². The van der Waals surface area contributed by atoms with E-state index in [2.05, 4.69) is 41.4 Å². The van der Waals surface area contributed by atoms with Crippen molar-refractivity contribution in [1.82, 2.24) is 9.97 Å². The smallest absolute Gasteiger partial charge is 0.147 e. The summed E-state index contributed by atoms with van der Waals surface area (Å²) in [4.78, 5) is 8.69. The third-order valence-electron chi connectivity index (χ3n) is 2.83. The van der Waals surface area contributed by atoms with Crippen LogP contribution in [0.2, 0.25) is 0 Å². The van der Waals surface area contributed by atoms with Crippen LogP contribution < -0.4 is 10.6 Å². The van der Waals surface area contributed by atoms with Crippen molar-refractivity contribution in [3.05, 3.63) is 12.4 Å². The number of nitrogens with zero attached hydrogens (tertiary/aromatic N) is 2. The minimum atomic E-state index is 0.451. The highest BCUT2D eigenvalue weighted by molar-refractivity contribution is 5.41. The van der Waals surface area contributed by atoms with Gasteiger partial charge in [0.25, 0.3) is 0 Å². The maximum absolute atomic E-state index is 4.49. The van der Waals surface area contributed by atoms with Crippen LogP contribution in [0.25, 0.3) is 0 Å². The monoisotopic (exact) mass is 250 g/mol. The molecule has 0 fully saturated rings. The van der Waals surface area contributed by atoms with Crippen molar-refractivity contribution in [1.29, 1.82) is 0 Å². The lowest BCUT2D eigenvalue weighted by Crippen LogP contribution is -2.16. The van der Waals surface area contributed by atoms with Gasteiger partial charge in [0.05, 0.1) is 12.4 Å². The number of aromatic nitrogens is 2. The number of unbranched alkanes of at least 4 members (excludes halogenated alkanes) is 2. The minimum Gasteiger partial charge on any atom is -0.369 e. The molecule has 1 rings (SSSR count). The van der Waals surface area contributed by atoms with Gasteiger partial charge in [-0.15, -0.1) is 0 Å². The molecule has 0 aliphatic rings. The van der Waals surface area contributed by atoms with Gasteiger partial charge in [-0.2, -0.15) is 0 Å². The van der Waals surface area contributed by atoms with Crippen LogP contribution in [0, 0.1) is 0 Å². The summed E-state index contributed by atoms with van der Waals surface area (Å²) in [6.45, 7) is 7.50. The molecule has 1 aromatic heterocycles. The Morgan fingerprint density at radius 2 is 1.89 bits per heavy atom. The zero-order valence-corrected chi connectivity index (χ0v) is 11.9. The Labute approximate surface area is 111 Å². The van der Waals surface area contributed by atoms with Crippen LogP contribution in [0.3, 0.4) is 0 Å². The molecule has 0 aromatic carbocycles. The maximum atomic E-state index is 4.49. The normalized spacial score (nSPS) is 12.2. The number of rotatable bonds is 9. The van der Waals surface area contributed by atoms with Gasteiger partial charge in [-0.05, 0) is 19.8 Å². The van der Waals surface area contributed by atoms with Crippen LogP contribution in [0.4, 0.5) is 11.6 Å². The molecule has 18 heavy (non-hydrogen) atoms. The Balaban J connectivity index is 2.40. The molecule has 0 aliphatic heterocycles. The molecule has 0 radical (unpaired) electrons. The minimum absolute atomic E-state index is 0.451. The maximum Gasteiger partial charge on any atom is 0.147 e. The van der Waals surface area contributed by atoms with Crippen molar-refractivity contribution in [3.63, 3.8) is 0 Å². The number of hydrogen-bond acceptors (Lipinski definition) is 4. The van der Waals surface area contributed by atoms with Crippen LogP contribution >= 0.6 is 0 Å². The lowest BCUT2D eigenvalue weighted by Gasteiger charge is -2.14. The summed E-state index contributed by atoms with van der Waals surface area (Å²) in [5.41, 5.74) is 0. The lowest BCUT2D eigenvalue weighted by molar-refractivity contribution is 0.613. The quantitative estimate of drug-likeness (QED) is 0.656. The first-order valence-electron chi connectivity index (χ1n) is 7.08. The van der Waals surface area contributed by atoms with Crippen LogP contribution in [0.15, 0.2) is 12.4 Å². The Morgan fingerprint density at radius 1 is 1.11 bits per heavy atom. The fraction of sp³-hybridized carbons (Fsp3) is 0.714. The highest BCUT2D eigenvalue weighted by Crippen LogP contribution is 2.11. The van der Waals surface area contributed by atoms with Crippen molar-refractivity contribution in [2.75, 3.05) is 17.2 Å². The Kier molecular flexibility index (Phi) is 7.14. The van der Waals surface area contributed by atoms with Crippen molar-refractivity contribution < 1.29 is 0 Å². The third-order valence-corrected chi connectivity index (χ3v) is 2.83. The molecule has 0 bridgehead atoms. The first-order chi connectivity index (χ1) is 8.76. The predicted molar refractivity (Wildman–Crippen MR) is 78.0 cm³/mol.